The molecular formula is C9H11Zn-. The number of rotatable bonds is 2. The van der Waals surface area contributed by atoms with Gasteiger partial charge in [0.25, 0.3) is 0 Å². The molecule has 0 amide bonds. The summed E-state index contributed by atoms with van der Waals surface area (Å²) in [4.78, 5) is 0. The molecule has 0 aliphatic heterocycles. The summed E-state index contributed by atoms with van der Waals surface area (Å²) in [5.41, 5.74) is 1.38. The Morgan fingerprint density at radius 2 is 1.70 bits per heavy atom. The van der Waals surface area contributed by atoms with E-state index in [2.05, 4.69) is 31.2 Å². The van der Waals surface area contributed by atoms with Crippen molar-refractivity contribution in [3.05, 3.63) is 42.8 Å². The number of hydrogen-bond donors (Lipinski definition) is 0. The molecule has 1 heteroatoms. The Morgan fingerprint density at radius 1 is 1.10 bits per heavy atom. The minimum absolute atomic E-state index is 0. The van der Waals surface area contributed by atoms with E-state index in [-0.39, 0.29) is 19.5 Å². The van der Waals surface area contributed by atoms with Crippen LogP contribution < -0.4 is 0 Å². The van der Waals surface area contributed by atoms with Gasteiger partial charge in [-0.3, -0.25) is 0 Å². The summed E-state index contributed by atoms with van der Waals surface area (Å²) in [6, 6.07) is 10.4. The topological polar surface area (TPSA) is 0 Å². The molecule has 0 saturated carbocycles. The summed E-state index contributed by atoms with van der Waals surface area (Å²) >= 11 is 0. The van der Waals surface area contributed by atoms with Gasteiger partial charge in [0, 0.05) is 19.5 Å². The van der Waals surface area contributed by atoms with Gasteiger partial charge >= 0.3 is 0 Å². The van der Waals surface area contributed by atoms with Crippen LogP contribution in [0.4, 0.5) is 0 Å². The van der Waals surface area contributed by atoms with E-state index in [1.807, 2.05) is 6.07 Å². The molecule has 0 bridgehead atoms. The molecule has 0 aliphatic carbocycles. The minimum Gasteiger partial charge on any atom is -0.343 e. The van der Waals surface area contributed by atoms with Gasteiger partial charge in [0.1, 0.15) is 0 Å². The number of hydrogen-bond acceptors (Lipinski definition) is 0. The van der Waals surface area contributed by atoms with Crippen LogP contribution in [0.15, 0.2) is 30.3 Å². The maximum atomic E-state index is 3.78. The van der Waals surface area contributed by atoms with Crippen LogP contribution in [0.5, 0.6) is 0 Å². The van der Waals surface area contributed by atoms with Gasteiger partial charge in [0.05, 0.1) is 0 Å². The van der Waals surface area contributed by atoms with E-state index in [0.717, 1.165) is 12.8 Å². The van der Waals surface area contributed by atoms with Crippen molar-refractivity contribution in [1.82, 2.24) is 0 Å². The second-order valence-electron chi connectivity index (χ2n) is 2.09. The summed E-state index contributed by atoms with van der Waals surface area (Å²) in [7, 11) is 0. The van der Waals surface area contributed by atoms with Crippen molar-refractivity contribution < 1.29 is 19.5 Å². The molecule has 0 nitrogen and oxygen atoms in total. The smallest absolute Gasteiger partial charge is 0 e. The van der Waals surface area contributed by atoms with Crippen molar-refractivity contribution in [3.63, 3.8) is 0 Å². The van der Waals surface area contributed by atoms with Gasteiger partial charge in [-0.25, -0.2) is 0 Å². The van der Waals surface area contributed by atoms with Gasteiger partial charge in [-0.15, -0.1) is 0 Å². The molecule has 1 rings (SSSR count). The SMILES string of the molecule is [CH2-]CCc1ccccc1.[Zn]. The number of benzene rings is 1. The Labute approximate surface area is 75.4 Å². The van der Waals surface area contributed by atoms with Gasteiger partial charge in [0.2, 0.25) is 0 Å². The molecule has 10 heavy (non-hydrogen) atoms. The van der Waals surface area contributed by atoms with Crippen LogP contribution in [0.25, 0.3) is 0 Å². The quantitative estimate of drug-likeness (QED) is 0.489. The summed E-state index contributed by atoms with van der Waals surface area (Å²) in [6.07, 6.45) is 2.09. The fraction of sp³-hybridized carbons (Fsp3) is 0.222. The Bertz CT molecular complexity index is 158. The molecule has 0 aromatic heterocycles. The summed E-state index contributed by atoms with van der Waals surface area (Å²) in [6.45, 7) is 3.78. The zero-order valence-electron chi connectivity index (χ0n) is 6.22. The Kier molecular flexibility index (Phi) is 5.53. The van der Waals surface area contributed by atoms with Crippen molar-refractivity contribution in [2.24, 2.45) is 0 Å². The summed E-state index contributed by atoms with van der Waals surface area (Å²) < 4.78 is 0. The molecule has 0 heterocycles. The first-order valence-electron chi connectivity index (χ1n) is 3.26. The van der Waals surface area contributed by atoms with Gasteiger partial charge in [-0.05, 0) is 0 Å². The van der Waals surface area contributed by atoms with Crippen LogP contribution in [0, 0.1) is 6.92 Å². The number of aryl methyl sites for hydroxylation is 1. The molecule has 0 saturated heterocycles. The fourth-order valence-electron chi connectivity index (χ4n) is 0.849. The monoisotopic (exact) mass is 183 g/mol. The predicted octanol–water partition coefficient (Wildman–Crippen LogP) is 2.45. The first kappa shape index (κ1) is 9.84. The molecule has 0 unspecified atom stereocenters. The van der Waals surface area contributed by atoms with E-state index >= 15 is 0 Å². The average Bonchev–Trinajstić information content (AvgIpc) is 1.91. The van der Waals surface area contributed by atoms with Crippen LogP contribution in [-0.2, 0) is 25.9 Å². The standard InChI is InChI=1S/C9H11.Zn/c1-2-6-9-7-4-3-5-8-9;/h3-5,7-8H,1-2,6H2;/q-1;. The normalized spacial score (nSPS) is 8.50. The van der Waals surface area contributed by atoms with Crippen LogP contribution in [0.2, 0.25) is 0 Å². The van der Waals surface area contributed by atoms with E-state index in [4.69, 9.17) is 0 Å². The van der Waals surface area contributed by atoms with Crippen molar-refractivity contribution in [3.8, 4) is 0 Å². The van der Waals surface area contributed by atoms with E-state index in [9.17, 15) is 0 Å². The zero-order chi connectivity index (χ0) is 6.53. The van der Waals surface area contributed by atoms with Gasteiger partial charge in [-0.1, -0.05) is 42.3 Å². The zero-order valence-corrected chi connectivity index (χ0v) is 9.18. The Hall–Kier alpha value is -0.157. The second-order valence-corrected chi connectivity index (χ2v) is 2.09. The van der Waals surface area contributed by atoms with Gasteiger partial charge < -0.3 is 6.92 Å². The first-order chi connectivity index (χ1) is 4.43. The van der Waals surface area contributed by atoms with Crippen LogP contribution in [0.3, 0.4) is 0 Å². The molecule has 1 aromatic carbocycles. The Morgan fingerprint density at radius 3 is 2.20 bits per heavy atom. The van der Waals surface area contributed by atoms with Gasteiger partial charge in [0.15, 0.2) is 0 Å². The van der Waals surface area contributed by atoms with Crippen molar-refractivity contribution >= 4 is 0 Å². The van der Waals surface area contributed by atoms with E-state index < -0.39 is 0 Å². The average molecular weight is 185 g/mol. The van der Waals surface area contributed by atoms with Crippen molar-refractivity contribution in [2.45, 2.75) is 12.8 Å². The molecule has 0 aliphatic rings. The maximum absolute atomic E-state index is 3.78. The van der Waals surface area contributed by atoms with Crippen LogP contribution >= 0.6 is 0 Å². The van der Waals surface area contributed by atoms with Crippen molar-refractivity contribution in [2.75, 3.05) is 0 Å². The third-order valence-electron chi connectivity index (χ3n) is 1.31. The van der Waals surface area contributed by atoms with Crippen LogP contribution in [0.1, 0.15) is 12.0 Å². The second kappa shape index (κ2) is 5.61. The molecule has 0 radical (unpaired) electrons. The van der Waals surface area contributed by atoms with Crippen molar-refractivity contribution in [1.29, 1.82) is 0 Å². The van der Waals surface area contributed by atoms with E-state index in [1.54, 1.807) is 0 Å². The van der Waals surface area contributed by atoms with E-state index in [1.165, 1.54) is 5.56 Å². The summed E-state index contributed by atoms with van der Waals surface area (Å²) in [5, 5.41) is 0. The molecule has 50 valence electrons. The minimum atomic E-state index is 0. The third kappa shape index (κ3) is 3.12. The predicted molar refractivity (Wildman–Crippen MR) is 40.1 cm³/mol. The molecule has 0 fully saturated rings. The fourth-order valence-corrected chi connectivity index (χ4v) is 0.849. The largest absolute Gasteiger partial charge is 0.343 e. The van der Waals surface area contributed by atoms with Gasteiger partial charge in [-0.2, -0.15) is 6.42 Å². The summed E-state index contributed by atoms with van der Waals surface area (Å²) in [5.74, 6) is 0. The maximum Gasteiger partial charge on any atom is 0 e. The van der Waals surface area contributed by atoms with Crippen LogP contribution in [-0.4, -0.2) is 0 Å². The molecule has 0 spiro atoms. The third-order valence-corrected chi connectivity index (χ3v) is 1.31. The molecule has 0 N–H and O–H groups in total. The van der Waals surface area contributed by atoms with E-state index in [0.29, 0.717) is 0 Å². The molecule has 0 atom stereocenters. The first-order valence-corrected chi connectivity index (χ1v) is 3.26. The molecule has 1 aromatic rings. The molecular weight excluding hydrogens is 173 g/mol. The Balaban J connectivity index is 0.000000810.